The second-order valence-corrected chi connectivity index (χ2v) is 4.40. The van der Waals surface area contributed by atoms with Crippen molar-refractivity contribution in [1.82, 2.24) is 0 Å². The van der Waals surface area contributed by atoms with E-state index in [0.717, 1.165) is 5.56 Å². The van der Waals surface area contributed by atoms with E-state index in [1.54, 1.807) is 6.07 Å². The van der Waals surface area contributed by atoms with Gasteiger partial charge in [-0.15, -0.1) is 0 Å². The molecule has 0 fully saturated rings. The van der Waals surface area contributed by atoms with E-state index in [-0.39, 0.29) is 10.7 Å². The highest BCUT2D eigenvalue weighted by Crippen LogP contribution is 2.28. The maximum atomic E-state index is 10.7. The van der Waals surface area contributed by atoms with Crippen LogP contribution >= 0.6 is 11.6 Å². The SMILES string of the molecule is O=[N+]([O-])c1cc(OC/C=C/c2ccccc2)ccc1Cl. The molecule has 2 rings (SSSR count). The van der Waals surface area contributed by atoms with Crippen LogP contribution in [0.15, 0.2) is 54.6 Å². The number of nitrogens with zero attached hydrogens (tertiary/aromatic N) is 1. The van der Waals surface area contributed by atoms with Crippen LogP contribution in [-0.4, -0.2) is 11.5 Å². The zero-order valence-electron chi connectivity index (χ0n) is 10.5. The molecular formula is C15H12ClNO3. The molecule has 0 amide bonds. The Morgan fingerprint density at radius 3 is 2.65 bits per heavy atom. The van der Waals surface area contributed by atoms with Crippen molar-refractivity contribution in [3.05, 3.63) is 75.3 Å². The number of rotatable bonds is 5. The zero-order chi connectivity index (χ0) is 14.4. The van der Waals surface area contributed by atoms with E-state index in [0.29, 0.717) is 12.4 Å². The molecule has 0 heterocycles. The third-order valence-electron chi connectivity index (χ3n) is 2.57. The van der Waals surface area contributed by atoms with E-state index < -0.39 is 4.92 Å². The third kappa shape index (κ3) is 3.83. The Morgan fingerprint density at radius 2 is 1.95 bits per heavy atom. The molecule has 0 radical (unpaired) electrons. The number of nitro groups is 1. The van der Waals surface area contributed by atoms with Crippen LogP contribution in [0.2, 0.25) is 5.02 Å². The number of hydrogen-bond donors (Lipinski definition) is 0. The van der Waals surface area contributed by atoms with Gasteiger partial charge in [0.15, 0.2) is 0 Å². The molecule has 4 nitrogen and oxygen atoms in total. The van der Waals surface area contributed by atoms with Crippen molar-refractivity contribution in [2.45, 2.75) is 0 Å². The molecule has 102 valence electrons. The third-order valence-corrected chi connectivity index (χ3v) is 2.89. The molecule has 0 aliphatic carbocycles. The highest BCUT2D eigenvalue weighted by atomic mass is 35.5. The van der Waals surface area contributed by atoms with Crippen molar-refractivity contribution in [2.24, 2.45) is 0 Å². The fourth-order valence-electron chi connectivity index (χ4n) is 1.61. The molecule has 0 spiro atoms. The lowest BCUT2D eigenvalue weighted by atomic mass is 10.2. The molecule has 2 aromatic rings. The summed E-state index contributed by atoms with van der Waals surface area (Å²) in [6.45, 7) is 0.327. The molecule has 0 saturated heterocycles. The number of benzene rings is 2. The summed E-state index contributed by atoms with van der Waals surface area (Å²) in [4.78, 5) is 10.2. The fraction of sp³-hybridized carbons (Fsp3) is 0.0667. The quantitative estimate of drug-likeness (QED) is 0.608. The molecule has 0 atom stereocenters. The van der Waals surface area contributed by atoms with Gasteiger partial charge in [-0.3, -0.25) is 10.1 Å². The lowest BCUT2D eigenvalue weighted by Gasteiger charge is -2.03. The Bertz CT molecular complexity index is 626. The standard InChI is InChI=1S/C15H12ClNO3/c16-14-9-8-13(11-15(14)17(18)19)20-10-4-7-12-5-2-1-3-6-12/h1-9,11H,10H2/b7-4+. The Hall–Kier alpha value is -2.33. The van der Waals surface area contributed by atoms with Crippen LogP contribution in [-0.2, 0) is 0 Å². The predicted octanol–water partition coefficient (Wildman–Crippen LogP) is 4.34. The van der Waals surface area contributed by atoms with Gasteiger partial charge in [0.25, 0.3) is 5.69 Å². The lowest BCUT2D eigenvalue weighted by molar-refractivity contribution is -0.384. The van der Waals surface area contributed by atoms with Gasteiger partial charge in [0.2, 0.25) is 0 Å². The first-order valence-electron chi connectivity index (χ1n) is 5.95. The number of ether oxygens (including phenoxy) is 1. The highest BCUT2D eigenvalue weighted by molar-refractivity contribution is 6.32. The van der Waals surface area contributed by atoms with Crippen molar-refractivity contribution < 1.29 is 9.66 Å². The first kappa shape index (κ1) is 14.1. The summed E-state index contributed by atoms with van der Waals surface area (Å²) >= 11 is 5.72. The molecule has 0 aliphatic heterocycles. The van der Waals surface area contributed by atoms with E-state index in [2.05, 4.69) is 0 Å². The van der Waals surface area contributed by atoms with Crippen LogP contribution in [0.3, 0.4) is 0 Å². The van der Waals surface area contributed by atoms with Gasteiger partial charge in [0.1, 0.15) is 17.4 Å². The molecule has 0 bridgehead atoms. The van der Waals surface area contributed by atoms with E-state index in [9.17, 15) is 10.1 Å². The predicted molar refractivity (Wildman–Crippen MR) is 79.1 cm³/mol. The summed E-state index contributed by atoms with van der Waals surface area (Å²) in [5, 5.41) is 10.8. The number of nitro benzene ring substituents is 1. The summed E-state index contributed by atoms with van der Waals surface area (Å²) in [6, 6.07) is 14.2. The molecule has 0 aromatic heterocycles. The van der Waals surface area contributed by atoms with Gasteiger partial charge < -0.3 is 4.74 Å². The highest BCUT2D eigenvalue weighted by Gasteiger charge is 2.12. The van der Waals surface area contributed by atoms with Crippen molar-refractivity contribution in [2.75, 3.05) is 6.61 Å². The van der Waals surface area contributed by atoms with Crippen LogP contribution in [0.25, 0.3) is 6.08 Å². The van der Waals surface area contributed by atoms with Gasteiger partial charge in [0.05, 0.1) is 11.0 Å². The summed E-state index contributed by atoms with van der Waals surface area (Å²) < 4.78 is 5.42. The van der Waals surface area contributed by atoms with Crippen LogP contribution in [0.4, 0.5) is 5.69 Å². The largest absolute Gasteiger partial charge is 0.489 e. The Kier molecular flexibility index (Phi) is 4.74. The second-order valence-electron chi connectivity index (χ2n) is 3.99. The molecule has 0 aliphatic rings. The number of halogens is 1. The summed E-state index contributed by atoms with van der Waals surface area (Å²) in [5.74, 6) is 0.416. The molecule has 2 aromatic carbocycles. The van der Waals surface area contributed by atoms with Gasteiger partial charge in [-0.05, 0) is 23.8 Å². The normalized spacial score (nSPS) is 10.7. The maximum Gasteiger partial charge on any atom is 0.291 e. The van der Waals surface area contributed by atoms with Gasteiger partial charge in [0, 0.05) is 0 Å². The van der Waals surface area contributed by atoms with Gasteiger partial charge in [-0.2, -0.15) is 0 Å². The minimum atomic E-state index is -0.533. The van der Waals surface area contributed by atoms with Crippen molar-refractivity contribution >= 4 is 23.4 Å². The molecule has 5 heteroatoms. The van der Waals surface area contributed by atoms with Crippen LogP contribution in [0.1, 0.15) is 5.56 Å². The summed E-state index contributed by atoms with van der Waals surface area (Å²) in [6.07, 6.45) is 3.76. The summed E-state index contributed by atoms with van der Waals surface area (Å²) in [5.41, 5.74) is 0.911. The van der Waals surface area contributed by atoms with Gasteiger partial charge in [-0.25, -0.2) is 0 Å². The molecule has 20 heavy (non-hydrogen) atoms. The Balaban J connectivity index is 1.96. The van der Waals surface area contributed by atoms with Crippen LogP contribution in [0.5, 0.6) is 5.75 Å². The smallest absolute Gasteiger partial charge is 0.291 e. The van der Waals surface area contributed by atoms with Gasteiger partial charge in [-0.1, -0.05) is 48.0 Å². The van der Waals surface area contributed by atoms with Crippen LogP contribution in [0, 0.1) is 10.1 Å². The van der Waals surface area contributed by atoms with Crippen molar-refractivity contribution in [1.29, 1.82) is 0 Å². The first-order valence-corrected chi connectivity index (χ1v) is 6.33. The van der Waals surface area contributed by atoms with Crippen molar-refractivity contribution in [3.8, 4) is 5.75 Å². The fourth-order valence-corrected chi connectivity index (χ4v) is 1.80. The molecule has 0 saturated carbocycles. The topological polar surface area (TPSA) is 52.4 Å². The van der Waals surface area contributed by atoms with Gasteiger partial charge >= 0.3 is 0 Å². The Labute approximate surface area is 121 Å². The lowest BCUT2D eigenvalue weighted by Crippen LogP contribution is -1.95. The maximum absolute atomic E-state index is 10.7. The van der Waals surface area contributed by atoms with E-state index >= 15 is 0 Å². The zero-order valence-corrected chi connectivity index (χ0v) is 11.3. The minimum absolute atomic E-state index is 0.0992. The van der Waals surface area contributed by atoms with Crippen LogP contribution < -0.4 is 4.74 Å². The van der Waals surface area contributed by atoms with E-state index in [4.69, 9.17) is 16.3 Å². The first-order chi connectivity index (χ1) is 9.66. The molecule has 0 N–H and O–H groups in total. The van der Waals surface area contributed by atoms with E-state index in [1.165, 1.54) is 12.1 Å². The summed E-state index contributed by atoms with van der Waals surface area (Å²) in [7, 11) is 0. The average molecular weight is 290 g/mol. The molecular weight excluding hydrogens is 278 g/mol. The van der Waals surface area contributed by atoms with Crippen molar-refractivity contribution in [3.63, 3.8) is 0 Å². The molecule has 0 unspecified atom stereocenters. The minimum Gasteiger partial charge on any atom is -0.489 e. The number of hydrogen-bond acceptors (Lipinski definition) is 3. The second kappa shape index (κ2) is 6.73. The monoisotopic (exact) mass is 289 g/mol. The average Bonchev–Trinajstić information content (AvgIpc) is 2.46. The van der Waals surface area contributed by atoms with E-state index in [1.807, 2.05) is 42.5 Å². The Morgan fingerprint density at radius 1 is 1.20 bits per heavy atom.